The van der Waals surface area contributed by atoms with Gasteiger partial charge in [-0.2, -0.15) is 17.5 Å². The molecule has 1 aliphatic heterocycles. The molecule has 15 heavy (non-hydrogen) atoms. The Morgan fingerprint density at radius 3 is 2.53 bits per heavy atom. The Kier molecular flexibility index (Phi) is 4.48. The van der Waals surface area contributed by atoms with Crippen LogP contribution >= 0.6 is 0 Å². The van der Waals surface area contributed by atoms with Crippen LogP contribution in [0.2, 0.25) is 0 Å². The van der Waals surface area contributed by atoms with Crippen molar-refractivity contribution in [1.82, 2.24) is 0 Å². The second kappa shape index (κ2) is 5.22. The Hall–Kier alpha value is -0.206. The standard InChI is InChI=1S/C12H15N2.Y/c1-8(2)9(3)10-4-5-11-12(6-10)14-7-13-11;/h4-6,8H,7H2,1-3H3;/q-1;. The summed E-state index contributed by atoms with van der Waals surface area (Å²) in [5.41, 5.74) is 1.29. The Labute approximate surface area is 116 Å². The minimum Gasteiger partial charge on any atom is -0.273 e. The summed E-state index contributed by atoms with van der Waals surface area (Å²) >= 11 is 0. The molecule has 77 valence electrons. The maximum absolute atomic E-state index is 4.32. The molecule has 0 fully saturated rings. The molecule has 1 radical (unpaired) electrons. The Balaban J connectivity index is 0.00000112. The first-order valence-electron chi connectivity index (χ1n) is 5.01. The van der Waals surface area contributed by atoms with Crippen molar-refractivity contribution in [2.75, 3.05) is 6.67 Å². The number of rotatable bonds is 2. The van der Waals surface area contributed by atoms with E-state index in [4.69, 9.17) is 0 Å². The van der Waals surface area contributed by atoms with Gasteiger partial charge in [0, 0.05) is 38.1 Å². The normalized spacial score (nSPS) is 12.5. The topological polar surface area (TPSA) is 24.7 Å². The van der Waals surface area contributed by atoms with Gasteiger partial charge in [-0.3, -0.25) is 9.98 Å². The molecule has 0 spiro atoms. The van der Waals surface area contributed by atoms with Crippen molar-refractivity contribution in [1.29, 1.82) is 0 Å². The molecule has 0 unspecified atom stereocenters. The van der Waals surface area contributed by atoms with Gasteiger partial charge in [0.05, 0.1) is 5.36 Å². The molecule has 1 aromatic carbocycles. The summed E-state index contributed by atoms with van der Waals surface area (Å²) in [7, 11) is 0. The Bertz CT molecular complexity index is 451. The molecule has 1 aromatic rings. The van der Waals surface area contributed by atoms with Gasteiger partial charge in [-0.25, -0.2) is 0 Å². The van der Waals surface area contributed by atoms with Gasteiger partial charge in [-0.15, -0.1) is 6.07 Å². The van der Waals surface area contributed by atoms with Crippen LogP contribution in [-0.2, 0) is 32.7 Å². The zero-order valence-electron chi connectivity index (χ0n) is 9.49. The van der Waals surface area contributed by atoms with Crippen molar-refractivity contribution >= 4 is 0 Å². The molecule has 1 heterocycles. The molecular formula is C12H15N2Y-. The molecule has 0 amide bonds. The van der Waals surface area contributed by atoms with Gasteiger partial charge in [-0.05, 0) is 0 Å². The molecule has 1 aliphatic rings. The second-order valence-corrected chi connectivity index (χ2v) is 4.00. The average molecular weight is 276 g/mol. The summed E-state index contributed by atoms with van der Waals surface area (Å²) in [6.45, 7) is 7.20. The first kappa shape index (κ1) is 12.9. The third-order valence-corrected chi connectivity index (χ3v) is 2.78. The predicted octanol–water partition coefficient (Wildman–Crippen LogP) is 1.49. The van der Waals surface area contributed by atoms with Gasteiger partial charge in [0.2, 0.25) is 0 Å². The molecule has 0 N–H and O–H groups in total. The van der Waals surface area contributed by atoms with Crippen LogP contribution in [0.3, 0.4) is 0 Å². The minimum atomic E-state index is 0. The first-order chi connectivity index (χ1) is 6.68. The maximum Gasteiger partial charge on any atom is 0.129 e. The van der Waals surface area contributed by atoms with Gasteiger partial charge >= 0.3 is 0 Å². The van der Waals surface area contributed by atoms with E-state index in [0.29, 0.717) is 12.6 Å². The van der Waals surface area contributed by atoms with Crippen LogP contribution < -0.4 is 10.7 Å². The van der Waals surface area contributed by atoms with Gasteiger partial charge in [0.25, 0.3) is 0 Å². The predicted molar refractivity (Wildman–Crippen MR) is 56.5 cm³/mol. The van der Waals surface area contributed by atoms with Crippen molar-refractivity contribution in [2.45, 2.75) is 20.8 Å². The third-order valence-electron chi connectivity index (χ3n) is 2.78. The van der Waals surface area contributed by atoms with Gasteiger partial charge in [0.15, 0.2) is 0 Å². The monoisotopic (exact) mass is 276 g/mol. The van der Waals surface area contributed by atoms with Crippen LogP contribution in [0.5, 0.6) is 0 Å². The summed E-state index contributed by atoms with van der Waals surface area (Å²) < 4.78 is 0. The fourth-order valence-corrected chi connectivity index (χ4v) is 1.55. The van der Waals surface area contributed by atoms with E-state index >= 15 is 0 Å². The molecule has 3 heteroatoms. The summed E-state index contributed by atoms with van der Waals surface area (Å²) in [4.78, 5) is 8.59. The molecule has 2 nitrogen and oxygen atoms in total. The van der Waals surface area contributed by atoms with E-state index in [1.807, 2.05) is 0 Å². The fraction of sp³-hybridized carbons (Fsp3) is 0.417. The smallest absolute Gasteiger partial charge is 0.129 e. The van der Waals surface area contributed by atoms with Gasteiger partial charge in [-0.1, -0.05) is 32.8 Å². The molecule has 0 aromatic heterocycles. The van der Waals surface area contributed by atoms with E-state index in [2.05, 4.69) is 49.0 Å². The Morgan fingerprint density at radius 1 is 1.20 bits per heavy atom. The largest absolute Gasteiger partial charge is 0.273 e. The fourth-order valence-electron chi connectivity index (χ4n) is 1.55. The van der Waals surface area contributed by atoms with Crippen LogP contribution in [0.1, 0.15) is 26.3 Å². The summed E-state index contributed by atoms with van der Waals surface area (Å²) in [5.74, 6) is 2.00. The van der Waals surface area contributed by atoms with Crippen LogP contribution in [0.4, 0.5) is 0 Å². The summed E-state index contributed by atoms with van der Waals surface area (Å²) in [6, 6.07) is 6.34. The van der Waals surface area contributed by atoms with Crippen molar-refractivity contribution in [2.24, 2.45) is 15.9 Å². The van der Waals surface area contributed by atoms with Crippen LogP contribution in [-0.4, -0.2) is 6.67 Å². The van der Waals surface area contributed by atoms with E-state index in [-0.39, 0.29) is 32.7 Å². The van der Waals surface area contributed by atoms with E-state index in [9.17, 15) is 0 Å². The number of hydrogen-bond acceptors (Lipinski definition) is 2. The number of fused-ring (bicyclic) bond motifs is 1. The molecule has 0 atom stereocenters. The maximum atomic E-state index is 4.32. The average Bonchev–Trinajstić information content (AvgIpc) is 2.62. The number of nitrogens with zero attached hydrogens (tertiary/aromatic N) is 2. The van der Waals surface area contributed by atoms with E-state index in [1.165, 1.54) is 11.5 Å². The zero-order chi connectivity index (χ0) is 10.1. The van der Waals surface area contributed by atoms with Gasteiger partial charge in [0.1, 0.15) is 6.67 Å². The van der Waals surface area contributed by atoms with Gasteiger partial charge < -0.3 is 0 Å². The quantitative estimate of drug-likeness (QED) is 0.731. The van der Waals surface area contributed by atoms with Crippen LogP contribution in [0, 0.1) is 11.8 Å². The molecular weight excluding hydrogens is 261 g/mol. The van der Waals surface area contributed by atoms with E-state index < -0.39 is 0 Å². The van der Waals surface area contributed by atoms with Crippen molar-refractivity contribution in [3.8, 4) is 0 Å². The van der Waals surface area contributed by atoms with Crippen molar-refractivity contribution in [3.05, 3.63) is 40.4 Å². The molecule has 0 bridgehead atoms. The molecule has 2 rings (SSSR count). The van der Waals surface area contributed by atoms with E-state index in [1.54, 1.807) is 0 Å². The van der Waals surface area contributed by atoms with Crippen molar-refractivity contribution < 1.29 is 32.7 Å². The zero-order valence-corrected chi connectivity index (χ0v) is 12.3. The first-order valence-corrected chi connectivity index (χ1v) is 5.01. The molecule has 0 saturated carbocycles. The SMILES string of the molecule is C[C-](c1ccc2c(c1)=NCN=2)C(C)C.[Y]. The third kappa shape index (κ3) is 2.67. The molecule has 0 aliphatic carbocycles. The second-order valence-electron chi connectivity index (χ2n) is 4.00. The van der Waals surface area contributed by atoms with Crippen LogP contribution in [0.25, 0.3) is 0 Å². The Morgan fingerprint density at radius 2 is 1.87 bits per heavy atom. The number of benzene rings is 1. The van der Waals surface area contributed by atoms with Crippen LogP contribution in [0.15, 0.2) is 28.2 Å². The number of hydrogen-bond donors (Lipinski definition) is 0. The minimum absolute atomic E-state index is 0. The summed E-state index contributed by atoms with van der Waals surface area (Å²) in [6.07, 6.45) is 0. The van der Waals surface area contributed by atoms with E-state index in [0.717, 1.165) is 10.7 Å². The summed E-state index contributed by atoms with van der Waals surface area (Å²) in [5, 5.41) is 2.08. The van der Waals surface area contributed by atoms with Crippen molar-refractivity contribution in [3.63, 3.8) is 0 Å². The molecule has 0 saturated heterocycles.